The minimum atomic E-state index is -4.62. The quantitative estimate of drug-likeness (QED) is 0.671. The first-order valence-corrected chi connectivity index (χ1v) is 9.99. The molecule has 0 radical (unpaired) electrons. The van der Waals surface area contributed by atoms with Crippen molar-refractivity contribution in [1.29, 1.82) is 0 Å². The van der Waals surface area contributed by atoms with Gasteiger partial charge < -0.3 is 4.90 Å². The highest BCUT2D eigenvalue weighted by Crippen LogP contribution is 2.31. The molecule has 2 aliphatic rings. The number of likely N-dealkylation sites (tertiary alicyclic amines) is 1. The zero-order valence-electron chi connectivity index (χ0n) is 16.7. The van der Waals surface area contributed by atoms with Gasteiger partial charge in [-0.3, -0.25) is 14.0 Å². The predicted molar refractivity (Wildman–Crippen MR) is 96.6 cm³/mol. The summed E-state index contributed by atoms with van der Waals surface area (Å²) in [5, 5.41) is 7.73. The lowest BCUT2D eigenvalue weighted by molar-refractivity contribution is -0.141. The van der Waals surface area contributed by atoms with Gasteiger partial charge in [0.05, 0.1) is 18.8 Å². The Balaban J connectivity index is 1.63. The summed E-state index contributed by atoms with van der Waals surface area (Å²) in [6.07, 6.45) is -3.78. The highest BCUT2D eigenvalue weighted by Gasteiger charge is 2.43. The van der Waals surface area contributed by atoms with Gasteiger partial charge in [0, 0.05) is 25.9 Å². The molecule has 2 aliphatic heterocycles. The maximum atomic E-state index is 13.5. The third-order valence-electron chi connectivity index (χ3n) is 5.66. The molecular formula is C18H21F5N6O2. The van der Waals surface area contributed by atoms with Crippen LogP contribution in [0.15, 0.2) is 10.9 Å². The molecule has 1 atom stereocenters. The van der Waals surface area contributed by atoms with E-state index in [1.165, 1.54) is 4.57 Å². The lowest BCUT2D eigenvalue weighted by atomic mass is 10.0. The fourth-order valence-corrected chi connectivity index (χ4v) is 4.15. The summed E-state index contributed by atoms with van der Waals surface area (Å²) in [5.74, 6) is -3.19. The molecule has 4 rings (SSSR count). The van der Waals surface area contributed by atoms with E-state index < -0.39 is 48.4 Å². The number of rotatable bonds is 4. The second-order valence-corrected chi connectivity index (χ2v) is 7.83. The van der Waals surface area contributed by atoms with Gasteiger partial charge >= 0.3 is 11.9 Å². The number of aromatic nitrogens is 5. The number of nitrogens with zero attached hydrogens (tertiary/aromatic N) is 6. The van der Waals surface area contributed by atoms with Crippen LogP contribution in [0.3, 0.4) is 0 Å². The van der Waals surface area contributed by atoms with Crippen LogP contribution in [-0.4, -0.2) is 53.9 Å². The molecule has 2 aromatic rings. The molecule has 1 fully saturated rings. The number of alkyl halides is 5. The zero-order chi connectivity index (χ0) is 22.6. The number of amides is 1. The molecule has 31 heavy (non-hydrogen) atoms. The van der Waals surface area contributed by atoms with E-state index in [2.05, 4.69) is 10.2 Å². The molecule has 8 nitrogen and oxygen atoms in total. The summed E-state index contributed by atoms with van der Waals surface area (Å²) < 4.78 is 69.4. The highest BCUT2D eigenvalue weighted by molar-refractivity contribution is 5.81. The molecule has 0 bridgehead atoms. The summed E-state index contributed by atoms with van der Waals surface area (Å²) in [7, 11) is 0. The summed E-state index contributed by atoms with van der Waals surface area (Å²) in [6, 6.07) is -0.0795. The van der Waals surface area contributed by atoms with Crippen LogP contribution in [0.2, 0.25) is 0 Å². The lowest BCUT2D eigenvalue weighted by Crippen LogP contribution is -2.42. The van der Waals surface area contributed by atoms with Crippen molar-refractivity contribution in [3.05, 3.63) is 33.8 Å². The van der Waals surface area contributed by atoms with E-state index in [0.717, 1.165) is 20.3 Å². The Morgan fingerprint density at radius 3 is 2.61 bits per heavy atom. The van der Waals surface area contributed by atoms with Crippen molar-refractivity contribution in [2.24, 2.45) is 0 Å². The van der Waals surface area contributed by atoms with Gasteiger partial charge in [0.15, 0.2) is 5.69 Å². The third-order valence-corrected chi connectivity index (χ3v) is 5.66. The maximum Gasteiger partial charge on any atom is 0.435 e. The minimum Gasteiger partial charge on any atom is -0.335 e. The Morgan fingerprint density at radius 2 is 2.00 bits per heavy atom. The van der Waals surface area contributed by atoms with Crippen molar-refractivity contribution in [1.82, 2.24) is 29.0 Å². The van der Waals surface area contributed by atoms with E-state index in [-0.39, 0.29) is 25.3 Å². The SMILES string of the molecule is CCn1nc(C(F)(F)F)cc1Cn1nc2n(c1=O)[C@H](C(=O)N1CCC(F)(F)C1)CCC2. The lowest BCUT2D eigenvalue weighted by Gasteiger charge is -2.27. The standard InChI is InChI=1S/C18H21F5N6O2/c1-2-27-11(8-13(24-27)18(21,22)23)9-28-16(31)29-12(4-3-5-14(29)25-28)15(30)26-7-6-17(19,20)10-26/h8,12H,2-7,9-10H2,1H3/t12-/m0/s1. The van der Waals surface area contributed by atoms with Crippen molar-refractivity contribution in [2.75, 3.05) is 13.1 Å². The molecule has 0 unspecified atom stereocenters. The fraction of sp³-hybridized carbons (Fsp3) is 0.667. The minimum absolute atomic E-state index is 0.0868. The molecular weight excluding hydrogens is 427 g/mol. The van der Waals surface area contributed by atoms with Crippen LogP contribution in [0, 0.1) is 0 Å². The molecule has 0 saturated carbocycles. The van der Waals surface area contributed by atoms with Gasteiger partial charge in [0.25, 0.3) is 5.92 Å². The van der Waals surface area contributed by atoms with Gasteiger partial charge in [-0.25, -0.2) is 18.3 Å². The second kappa shape index (κ2) is 7.45. The van der Waals surface area contributed by atoms with Gasteiger partial charge in [-0.1, -0.05) is 0 Å². The summed E-state index contributed by atoms with van der Waals surface area (Å²) in [6.45, 7) is 0.765. The smallest absolute Gasteiger partial charge is 0.335 e. The largest absolute Gasteiger partial charge is 0.435 e. The molecule has 4 heterocycles. The molecule has 2 aromatic heterocycles. The molecule has 170 valence electrons. The van der Waals surface area contributed by atoms with Gasteiger partial charge in [-0.2, -0.15) is 23.4 Å². The van der Waals surface area contributed by atoms with Crippen molar-refractivity contribution >= 4 is 5.91 Å². The van der Waals surface area contributed by atoms with E-state index in [0.29, 0.717) is 25.1 Å². The van der Waals surface area contributed by atoms with Crippen LogP contribution >= 0.6 is 0 Å². The Kier molecular flexibility index (Phi) is 5.16. The average Bonchev–Trinajstić information content (AvgIpc) is 3.37. The van der Waals surface area contributed by atoms with Crippen LogP contribution in [0.4, 0.5) is 22.0 Å². The Hall–Kier alpha value is -2.73. The Morgan fingerprint density at radius 1 is 1.26 bits per heavy atom. The Bertz CT molecular complexity index is 1050. The average molecular weight is 448 g/mol. The normalized spacial score (nSPS) is 20.8. The summed E-state index contributed by atoms with van der Waals surface area (Å²) in [4.78, 5) is 26.9. The van der Waals surface area contributed by atoms with E-state index in [1.807, 2.05) is 0 Å². The number of carbonyl (C=O) groups is 1. The van der Waals surface area contributed by atoms with Gasteiger partial charge in [-0.15, -0.1) is 0 Å². The highest BCUT2D eigenvalue weighted by atomic mass is 19.4. The van der Waals surface area contributed by atoms with E-state index in [9.17, 15) is 31.5 Å². The van der Waals surface area contributed by atoms with Gasteiger partial charge in [-0.05, 0) is 25.8 Å². The monoisotopic (exact) mass is 448 g/mol. The molecule has 1 amide bonds. The van der Waals surface area contributed by atoms with Crippen molar-refractivity contribution in [3.8, 4) is 0 Å². The van der Waals surface area contributed by atoms with Crippen LogP contribution in [-0.2, 0) is 30.5 Å². The van der Waals surface area contributed by atoms with E-state index >= 15 is 0 Å². The number of hydrogen-bond acceptors (Lipinski definition) is 4. The third kappa shape index (κ3) is 3.97. The second-order valence-electron chi connectivity index (χ2n) is 7.83. The number of carbonyl (C=O) groups excluding carboxylic acids is 1. The van der Waals surface area contributed by atoms with Gasteiger partial charge in [0.1, 0.15) is 11.9 Å². The van der Waals surface area contributed by atoms with Crippen molar-refractivity contribution in [3.63, 3.8) is 0 Å². The Labute approximate surface area is 173 Å². The van der Waals surface area contributed by atoms with Crippen LogP contribution in [0.1, 0.15) is 49.4 Å². The summed E-state index contributed by atoms with van der Waals surface area (Å²) >= 11 is 0. The molecule has 13 heteroatoms. The topological polar surface area (TPSA) is 78.0 Å². The number of hydrogen-bond donors (Lipinski definition) is 0. The molecule has 0 aliphatic carbocycles. The molecule has 0 N–H and O–H groups in total. The van der Waals surface area contributed by atoms with Crippen molar-refractivity contribution < 1.29 is 26.7 Å². The maximum absolute atomic E-state index is 13.5. The van der Waals surface area contributed by atoms with E-state index in [1.54, 1.807) is 6.92 Å². The van der Waals surface area contributed by atoms with Gasteiger partial charge in [0.2, 0.25) is 5.91 Å². The van der Waals surface area contributed by atoms with Crippen LogP contribution in [0.25, 0.3) is 0 Å². The zero-order valence-corrected chi connectivity index (χ0v) is 16.7. The van der Waals surface area contributed by atoms with Crippen molar-refractivity contribution in [2.45, 2.75) is 63.8 Å². The number of aryl methyl sites for hydroxylation is 2. The van der Waals surface area contributed by atoms with Crippen LogP contribution < -0.4 is 5.69 Å². The fourth-order valence-electron chi connectivity index (χ4n) is 4.15. The summed E-state index contributed by atoms with van der Waals surface area (Å²) in [5.41, 5.74) is -1.57. The first kappa shape index (κ1) is 21.5. The number of fused-ring (bicyclic) bond motifs is 1. The first-order valence-electron chi connectivity index (χ1n) is 9.99. The molecule has 0 spiro atoms. The van der Waals surface area contributed by atoms with E-state index in [4.69, 9.17) is 0 Å². The molecule has 1 saturated heterocycles. The predicted octanol–water partition coefficient (Wildman–Crippen LogP) is 2.07. The number of halogens is 5. The first-order chi connectivity index (χ1) is 14.5. The molecule has 0 aromatic carbocycles. The van der Waals surface area contributed by atoms with Crippen LogP contribution in [0.5, 0.6) is 0 Å².